The van der Waals surface area contributed by atoms with Crippen molar-refractivity contribution in [1.82, 2.24) is 14.9 Å². The summed E-state index contributed by atoms with van der Waals surface area (Å²) in [5, 5.41) is 3.18. The first-order chi connectivity index (χ1) is 14.0. The molecule has 0 bridgehead atoms. The number of aryl methyl sites for hydroxylation is 1. The van der Waals surface area contributed by atoms with Gasteiger partial charge in [0.1, 0.15) is 10.6 Å². The summed E-state index contributed by atoms with van der Waals surface area (Å²) in [4.78, 5) is 30.9. The first-order valence-corrected chi connectivity index (χ1v) is 9.90. The van der Waals surface area contributed by atoms with Crippen molar-refractivity contribution in [2.75, 3.05) is 0 Å². The second-order valence-electron chi connectivity index (χ2n) is 6.67. The molecule has 0 saturated heterocycles. The molecule has 0 aliphatic heterocycles. The number of nitrogens with zero attached hydrogens (tertiary/aromatic N) is 2. The van der Waals surface area contributed by atoms with Crippen molar-refractivity contribution >= 4 is 27.5 Å². The highest BCUT2D eigenvalue weighted by atomic mass is 32.1. The van der Waals surface area contributed by atoms with Crippen LogP contribution in [-0.2, 0) is 13.1 Å². The molecule has 29 heavy (non-hydrogen) atoms. The number of amides is 1. The lowest BCUT2D eigenvalue weighted by Crippen LogP contribution is -2.23. The molecule has 0 aliphatic rings. The molecular formula is C22H18FN3O2S. The highest BCUT2D eigenvalue weighted by molar-refractivity contribution is 7.20. The molecule has 0 atom stereocenters. The van der Waals surface area contributed by atoms with E-state index in [0.717, 1.165) is 5.56 Å². The Hall–Kier alpha value is -3.32. The number of rotatable bonds is 5. The average Bonchev–Trinajstić information content (AvgIpc) is 3.07. The highest BCUT2D eigenvalue weighted by Crippen LogP contribution is 2.27. The number of halogens is 1. The van der Waals surface area contributed by atoms with Gasteiger partial charge in [-0.2, -0.15) is 0 Å². The Labute approximate surface area is 170 Å². The zero-order chi connectivity index (χ0) is 20.4. The minimum Gasteiger partial charge on any atom is -0.347 e. The Morgan fingerprint density at radius 1 is 1.14 bits per heavy atom. The van der Waals surface area contributed by atoms with Gasteiger partial charge in [0.25, 0.3) is 11.5 Å². The van der Waals surface area contributed by atoms with Crippen molar-refractivity contribution in [1.29, 1.82) is 0 Å². The Kier molecular flexibility index (Phi) is 5.22. The normalized spacial score (nSPS) is 11.0. The van der Waals surface area contributed by atoms with E-state index in [9.17, 15) is 14.0 Å². The third-order valence-corrected chi connectivity index (χ3v) is 5.92. The molecule has 0 aliphatic carbocycles. The van der Waals surface area contributed by atoms with Crippen molar-refractivity contribution in [3.63, 3.8) is 0 Å². The number of nitrogens with one attached hydrogen (secondary N) is 1. The Bertz CT molecular complexity index is 1250. The molecule has 1 amide bonds. The molecule has 0 fully saturated rings. The lowest BCUT2D eigenvalue weighted by atomic mass is 10.2. The quantitative estimate of drug-likeness (QED) is 0.546. The molecule has 2 heterocycles. The first kappa shape index (κ1) is 19.0. The number of hydrogen-bond donors (Lipinski definition) is 1. The van der Waals surface area contributed by atoms with Crippen LogP contribution in [0.2, 0.25) is 0 Å². The van der Waals surface area contributed by atoms with Crippen LogP contribution in [0.3, 0.4) is 0 Å². The Morgan fingerprint density at radius 2 is 1.86 bits per heavy atom. The largest absolute Gasteiger partial charge is 0.347 e. The number of benzene rings is 2. The van der Waals surface area contributed by atoms with Gasteiger partial charge in [0.2, 0.25) is 0 Å². The third-order valence-electron chi connectivity index (χ3n) is 4.72. The zero-order valence-corrected chi connectivity index (χ0v) is 16.5. The van der Waals surface area contributed by atoms with E-state index in [-0.39, 0.29) is 23.8 Å². The molecule has 4 rings (SSSR count). The second-order valence-corrected chi connectivity index (χ2v) is 7.67. The maximum atomic E-state index is 13.8. The smallest absolute Gasteiger partial charge is 0.262 e. The van der Waals surface area contributed by atoms with Crippen LogP contribution in [0.4, 0.5) is 4.39 Å². The van der Waals surface area contributed by atoms with Crippen LogP contribution in [0.1, 0.15) is 26.4 Å². The molecule has 5 nitrogen and oxygen atoms in total. The van der Waals surface area contributed by atoms with Gasteiger partial charge < -0.3 is 5.32 Å². The van der Waals surface area contributed by atoms with E-state index in [0.29, 0.717) is 32.8 Å². The summed E-state index contributed by atoms with van der Waals surface area (Å²) in [6.45, 7) is 2.23. The summed E-state index contributed by atoms with van der Waals surface area (Å²) in [6, 6.07) is 15.9. The topological polar surface area (TPSA) is 64.0 Å². The van der Waals surface area contributed by atoms with Crippen LogP contribution in [0.15, 0.2) is 65.7 Å². The number of fused-ring (bicyclic) bond motifs is 1. The van der Waals surface area contributed by atoms with E-state index in [1.54, 1.807) is 29.7 Å². The van der Waals surface area contributed by atoms with Crippen molar-refractivity contribution in [2.45, 2.75) is 20.0 Å². The number of aromatic nitrogens is 2. The van der Waals surface area contributed by atoms with Gasteiger partial charge in [0.05, 0.1) is 23.1 Å². The van der Waals surface area contributed by atoms with Crippen LogP contribution in [0.25, 0.3) is 10.2 Å². The molecule has 1 N–H and O–H groups in total. The molecule has 7 heteroatoms. The summed E-state index contributed by atoms with van der Waals surface area (Å²) in [6.07, 6.45) is 1.51. The molecule has 0 saturated carbocycles. The predicted octanol–water partition coefficient (Wildman–Crippen LogP) is 3.88. The Morgan fingerprint density at radius 3 is 2.62 bits per heavy atom. The lowest BCUT2D eigenvalue weighted by molar-refractivity contribution is 0.0954. The zero-order valence-electron chi connectivity index (χ0n) is 15.7. The third kappa shape index (κ3) is 3.82. The van der Waals surface area contributed by atoms with Gasteiger partial charge in [-0.3, -0.25) is 14.2 Å². The number of hydrogen-bond acceptors (Lipinski definition) is 4. The monoisotopic (exact) mass is 407 g/mol. The Balaban J connectivity index is 1.62. The SMILES string of the molecule is Cc1c(C(=O)NCc2ccccc2F)sc2ncn(Cc3ccccc3)c(=O)c12. The van der Waals surface area contributed by atoms with Gasteiger partial charge in [-0.05, 0) is 24.1 Å². The van der Waals surface area contributed by atoms with Gasteiger partial charge in [-0.25, -0.2) is 9.37 Å². The molecule has 2 aromatic heterocycles. The molecule has 4 aromatic rings. The fourth-order valence-electron chi connectivity index (χ4n) is 3.17. The number of carbonyl (C=O) groups excluding carboxylic acids is 1. The van der Waals surface area contributed by atoms with E-state index in [4.69, 9.17) is 0 Å². The van der Waals surface area contributed by atoms with Crippen molar-refractivity contribution in [3.8, 4) is 0 Å². The van der Waals surface area contributed by atoms with E-state index in [2.05, 4.69) is 10.3 Å². The lowest BCUT2D eigenvalue weighted by Gasteiger charge is -2.06. The van der Waals surface area contributed by atoms with Crippen LogP contribution in [0.5, 0.6) is 0 Å². The summed E-state index contributed by atoms with van der Waals surface area (Å²) in [5.74, 6) is -0.714. The fraction of sp³-hybridized carbons (Fsp3) is 0.136. The summed E-state index contributed by atoms with van der Waals surface area (Å²) in [7, 11) is 0. The van der Waals surface area contributed by atoms with Gasteiger partial charge in [-0.1, -0.05) is 48.5 Å². The maximum Gasteiger partial charge on any atom is 0.262 e. The van der Waals surface area contributed by atoms with Crippen LogP contribution >= 0.6 is 11.3 Å². The van der Waals surface area contributed by atoms with Crippen LogP contribution in [-0.4, -0.2) is 15.5 Å². The molecule has 146 valence electrons. The van der Waals surface area contributed by atoms with Gasteiger partial charge in [0.15, 0.2) is 0 Å². The van der Waals surface area contributed by atoms with Gasteiger partial charge in [0, 0.05) is 12.1 Å². The molecular weight excluding hydrogens is 389 g/mol. The van der Waals surface area contributed by atoms with E-state index < -0.39 is 0 Å². The molecule has 0 spiro atoms. The maximum absolute atomic E-state index is 13.8. The van der Waals surface area contributed by atoms with E-state index in [1.807, 2.05) is 30.3 Å². The van der Waals surface area contributed by atoms with Crippen molar-refractivity contribution in [3.05, 3.63) is 98.7 Å². The van der Waals surface area contributed by atoms with Crippen LogP contribution < -0.4 is 10.9 Å². The molecule has 2 aromatic carbocycles. The predicted molar refractivity (Wildman–Crippen MR) is 112 cm³/mol. The first-order valence-electron chi connectivity index (χ1n) is 9.08. The molecule has 0 radical (unpaired) electrons. The van der Waals surface area contributed by atoms with Crippen LogP contribution in [0, 0.1) is 12.7 Å². The highest BCUT2D eigenvalue weighted by Gasteiger charge is 2.19. The second kappa shape index (κ2) is 7.97. The van der Waals surface area contributed by atoms with E-state index >= 15 is 0 Å². The molecule has 0 unspecified atom stereocenters. The fourth-order valence-corrected chi connectivity index (χ4v) is 4.22. The van der Waals surface area contributed by atoms with Crippen molar-refractivity contribution < 1.29 is 9.18 Å². The minimum absolute atomic E-state index is 0.0743. The average molecular weight is 407 g/mol. The van der Waals surface area contributed by atoms with Crippen molar-refractivity contribution in [2.24, 2.45) is 0 Å². The minimum atomic E-state index is -0.369. The van der Waals surface area contributed by atoms with Gasteiger partial charge in [-0.15, -0.1) is 11.3 Å². The standard InChI is InChI=1S/C22H18FN3O2S/c1-14-18-21(25-13-26(22(18)28)12-15-7-3-2-4-8-15)29-19(14)20(27)24-11-16-9-5-6-10-17(16)23/h2-10,13H,11-12H2,1H3,(H,24,27). The summed E-state index contributed by atoms with van der Waals surface area (Å²) in [5.41, 5.74) is 1.81. The summed E-state index contributed by atoms with van der Waals surface area (Å²) < 4.78 is 15.3. The number of thiophene rings is 1. The number of carbonyl (C=O) groups is 1. The van der Waals surface area contributed by atoms with Gasteiger partial charge >= 0.3 is 0 Å². The summed E-state index contributed by atoms with van der Waals surface area (Å²) >= 11 is 1.17. The van der Waals surface area contributed by atoms with E-state index in [1.165, 1.54) is 23.7 Å².